The van der Waals surface area contributed by atoms with Crippen molar-refractivity contribution in [1.29, 1.82) is 0 Å². The number of piperidine rings is 1. The highest BCUT2D eigenvalue weighted by atomic mass is 35.5. The van der Waals surface area contributed by atoms with Crippen LogP contribution in [0.1, 0.15) is 28.3 Å². The molecule has 1 fully saturated rings. The molecule has 1 aromatic carbocycles. The zero-order chi connectivity index (χ0) is 17.1. The van der Waals surface area contributed by atoms with Gasteiger partial charge in [0.15, 0.2) is 11.6 Å². The van der Waals surface area contributed by atoms with Gasteiger partial charge in [0.2, 0.25) is 5.56 Å². The molecule has 1 aromatic heterocycles. The maximum absolute atomic E-state index is 13.5. The van der Waals surface area contributed by atoms with Gasteiger partial charge in [-0.2, -0.15) is 0 Å². The van der Waals surface area contributed by atoms with Crippen molar-refractivity contribution in [1.82, 2.24) is 15.6 Å². The standard InChI is InChI=1S/C17H17F2N3O2.ClH/c18-13-2-1-10(7-14(13)19)12-4-5-20-9-15(12)22-17(24)11-3-6-21-16(23)8-11;/h1-3,6-8,12,15,20H,4-5,9H2,(H,21,23)(H,22,24);1H. The summed E-state index contributed by atoms with van der Waals surface area (Å²) in [4.78, 5) is 26.1. The Hall–Kier alpha value is -2.25. The molecular weight excluding hydrogens is 352 g/mol. The molecule has 2 aromatic rings. The number of benzene rings is 1. The topological polar surface area (TPSA) is 74.0 Å². The molecular formula is C17H18ClF2N3O2. The molecule has 134 valence electrons. The number of H-pyrrole nitrogens is 1. The van der Waals surface area contributed by atoms with Crippen LogP contribution < -0.4 is 16.2 Å². The molecule has 3 N–H and O–H groups in total. The molecule has 1 aliphatic rings. The minimum atomic E-state index is -0.897. The first-order valence-electron chi connectivity index (χ1n) is 7.70. The summed E-state index contributed by atoms with van der Waals surface area (Å²) in [6.45, 7) is 1.24. The van der Waals surface area contributed by atoms with Gasteiger partial charge in [0.05, 0.1) is 0 Å². The molecule has 0 radical (unpaired) electrons. The lowest BCUT2D eigenvalue weighted by Crippen LogP contribution is -2.50. The van der Waals surface area contributed by atoms with Crippen molar-refractivity contribution in [2.45, 2.75) is 18.4 Å². The van der Waals surface area contributed by atoms with Crippen molar-refractivity contribution in [2.24, 2.45) is 0 Å². The number of carbonyl (C=O) groups is 1. The van der Waals surface area contributed by atoms with E-state index >= 15 is 0 Å². The third-order valence-electron chi connectivity index (χ3n) is 4.21. The lowest BCUT2D eigenvalue weighted by molar-refractivity contribution is 0.0924. The van der Waals surface area contributed by atoms with Crippen LogP contribution in [0.25, 0.3) is 0 Å². The van der Waals surface area contributed by atoms with Crippen LogP contribution in [0.15, 0.2) is 41.3 Å². The van der Waals surface area contributed by atoms with Gasteiger partial charge in [-0.1, -0.05) is 6.07 Å². The van der Waals surface area contributed by atoms with E-state index in [1.807, 2.05) is 0 Å². The number of rotatable bonds is 3. The Kier molecular flexibility index (Phi) is 6.27. The molecule has 2 unspecified atom stereocenters. The Bertz CT molecular complexity index is 812. The van der Waals surface area contributed by atoms with Crippen LogP contribution in [0, 0.1) is 11.6 Å². The van der Waals surface area contributed by atoms with Gasteiger partial charge in [0, 0.05) is 36.3 Å². The van der Waals surface area contributed by atoms with E-state index in [4.69, 9.17) is 0 Å². The van der Waals surface area contributed by atoms with Crippen LogP contribution in [-0.2, 0) is 0 Å². The van der Waals surface area contributed by atoms with Gasteiger partial charge in [0.1, 0.15) is 0 Å². The summed E-state index contributed by atoms with van der Waals surface area (Å²) in [5, 5.41) is 6.05. The van der Waals surface area contributed by atoms with Crippen LogP contribution >= 0.6 is 12.4 Å². The van der Waals surface area contributed by atoms with Gasteiger partial charge in [-0.25, -0.2) is 8.78 Å². The van der Waals surface area contributed by atoms with E-state index in [9.17, 15) is 18.4 Å². The van der Waals surface area contributed by atoms with Crippen molar-refractivity contribution >= 4 is 18.3 Å². The summed E-state index contributed by atoms with van der Waals surface area (Å²) in [5.74, 6) is -2.29. The maximum Gasteiger partial charge on any atom is 0.251 e. The fourth-order valence-electron chi connectivity index (χ4n) is 2.99. The maximum atomic E-state index is 13.5. The highest BCUT2D eigenvalue weighted by Crippen LogP contribution is 2.27. The van der Waals surface area contributed by atoms with E-state index in [-0.39, 0.29) is 41.4 Å². The molecule has 8 heteroatoms. The first kappa shape index (κ1) is 19.1. The summed E-state index contributed by atoms with van der Waals surface area (Å²) >= 11 is 0. The lowest BCUT2D eigenvalue weighted by Gasteiger charge is -2.33. The first-order valence-corrected chi connectivity index (χ1v) is 7.70. The Morgan fingerprint density at radius 1 is 1.16 bits per heavy atom. The highest BCUT2D eigenvalue weighted by molar-refractivity contribution is 5.94. The number of hydrogen-bond acceptors (Lipinski definition) is 3. The molecule has 3 rings (SSSR count). The second-order valence-electron chi connectivity index (χ2n) is 5.79. The van der Waals surface area contributed by atoms with E-state index in [1.165, 1.54) is 24.4 Å². The number of halogens is 3. The first-order chi connectivity index (χ1) is 11.5. The lowest BCUT2D eigenvalue weighted by atomic mass is 9.86. The average molecular weight is 370 g/mol. The number of carbonyl (C=O) groups excluding carboxylic acids is 1. The minimum Gasteiger partial charge on any atom is -0.347 e. The number of amides is 1. The van der Waals surface area contributed by atoms with Gasteiger partial charge >= 0.3 is 0 Å². The molecule has 1 amide bonds. The van der Waals surface area contributed by atoms with Crippen LogP contribution in [0.5, 0.6) is 0 Å². The van der Waals surface area contributed by atoms with E-state index in [0.717, 1.165) is 12.6 Å². The molecule has 0 spiro atoms. The summed E-state index contributed by atoms with van der Waals surface area (Å²) < 4.78 is 26.7. The number of pyridine rings is 1. The van der Waals surface area contributed by atoms with Gasteiger partial charge in [-0.3, -0.25) is 9.59 Å². The van der Waals surface area contributed by atoms with E-state index in [2.05, 4.69) is 15.6 Å². The molecule has 0 aliphatic carbocycles. The molecule has 1 aliphatic heterocycles. The second kappa shape index (κ2) is 8.22. The van der Waals surface area contributed by atoms with E-state index in [0.29, 0.717) is 18.5 Å². The predicted octanol–water partition coefficient (Wildman–Crippen LogP) is 1.95. The second-order valence-corrected chi connectivity index (χ2v) is 5.79. The Morgan fingerprint density at radius 2 is 1.96 bits per heavy atom. The molecule has 25 heavy (non-hydrogen) atoms. The van der Waals surface area contributed by atoms with Gasteiger partial charge < -0.3 is 15.6 Å². The fraction of sp³-hybridized carbons (Fsp3) is 0.294. The van der Waals surface area contributed by atoms with Crippen LogP contribution in [0.2, 0.25) is 0 Å². The normalized spacial score (nSPS) is 19.8. The third-order valence-corrected chi connectivity index (χ3v) is 4.21. The summed E-state index contributed by atoms with van der Waals surface area (Å²) in [6, 6.07) is 6.27. The average Bonchev–Trinajstić information content (AvgIpc) is 2.58. The van der Waals surface area contributed by atoms with Gasteiger partial charge in [0.25, 0.3) is 5.91 Å². The fourth-order valence-corrected chi connectivity index (χ4v) is 2.99. The number of aromatic nitrogens is 1. The summed E-state index contributed by atoms with van der Waals surface area (Å²) in [6.07, 6.45) is 2.09. The predicted molar refractivity (Wildman–Crippen MR) is 92.2 cm³/mol. The quantitative estimate of drug-likeness (QED) is 0.774. The van der Waals surface area contributed by atoms with Crippen molar-refractivity contribution in [3.63, 3.8) is 0 Å². The van der Waals surface area contributed by atoms with E-state index in [1.54, 1.807) is 6.07 Å². The van der Waals surface area contributed by atoms with Gasteiger partial charge in [-0.15, -0.1) is 12.4 Å². The van der Waals surface area contributed by atoms with Crippen molar-refractivity contribution in [2.75, 3.05) is 13.1 Å². The van der Waals surface area contributed by atoms with Crippen LogP contribution in [0.4, 0.5) is 8.78 Å². The monoisotopic (exact) mass is 369 g/mol. The smallest absolute Gasteiger partial charge is 0.251 e. The molecule has 2 heterocycles. The Balaban J connectivity index is 0.00000225. The summed E-state index contributed by atoms with van der Waals surface area (Å²) in [5.41, 5.74) is 0.543. The van der Waals surface area contributed by atoms with Crippen LogP contribution in [-0.4, -0.2) is 30.0 Å². The molecule has 1 saturated heterocycles. The minimum absolute atomic E-state index is 0. The zero-order valence-corrected chi connectivity index (χ0v) is 14.0. The van der Waals surface area contributed by atoms with Crippen molar-refractivity contribution in [3.8, 4) is 0 Å². The van der Waals surface area contributed by atoms with Crippen molar-refractivity contribution < 1.29 is 13.6 Å². The molecule has 0 bridgehead atoms. The van der Waals surface area contributed by atoms with Gasteiger partial charge in [-0.05, 0) is 36.7 Å². The van der Waals surface area contributed by atoms with Crippen LogP contribution in [0.3, 0.4) is 0 Å². The number of hydrogen-bond donors (Lipinski definition) is 3. The third kappa shape index (κ3) is 4.43. The summed E-state index contributed by atoms with van der Waals surface area (Å²) in [7, 11) is 0. The SMILES string of the molecule is Cl.O=C(NC1CNCCC1c1ccc(F)c(F)c1)c1cc[nH]c(=O)c1. The largest absolute Gasteiger partial charge is 0.347 e. The molecule has 2 atom stereocenters. The molecule has 0 saturated carbocycles. The number of aromatic amines is 1. The van der Waals surface area contributed by atoms with Crippen molar-refractivity contribution in [3.05, 3.63) is 69.6 Å². The Morgan fingerprint density at radius 3 is 2.68 bits per heavy atom. The zero-order valence-electron chi connectivity index (χ0n) is 13.2. The van der Waals surface area contributed by atoms with E-state index < -0.39 is 11.6 Å². The number of nitrogens with one attached hydrogen (secondary N) is 3. The Labute approximate surface area is 149 Å². The highest BCUT2D eigenvalue weighted by Gasteiger charge is 2.28. The molecule has 5 nitrogen and oxygen atoms in total.